The summed E-state index contributed by atoms with van der Waals surface area (Å²) in [6, 6.07) is 2.12. The third-order valence-corrected chi connectivity index (χ3v) is 4.03. The third-order valence-electron chi connectivity index (χ3n) is 4.03. The maximum atomic E-state index is 8.52. The monoisotopic (exact) mass is 204 g/mol. The van der Waals surface area contributed by atoms with E-state index in [4.69, 9.17) is 5.26 Å². The summed E-state index contributed by atoms with van der Waals surface area (Å²) in [7, 11) is 0. The van der Waals surface area contributed by atoms with Crippen molar-refractivity contribution >= 4 is 0 Å². The first kappa shape index (κ1) is 12.0. The molecule has 1 aliphatic rings. The molecule has 0 amide bonds. The van der Waals surface area contributed by atoms with Crippen LogP contribution in [0.3, 0.4) is 0 Å². The van der Waals surface area contributed by atoms with E-state index in [0.717, 1.165) is 6.54 Å². The molecule has 0 bridgehead atoms. The predicted molar refractivity (Wildman–Crippen MR) is 63.3 cm³/mol. The van der Waals surface area contributed by atoms with E-state index in [2.05, 4.69) is 46.0 Å². The van der Waals surface area contributed by atoms with Crippen LogP contribution in [-0.2, 0) is 0 Å². The molecular formula is C13H20N2. The third kappa shape index (κ3) is 1.85. The Morgan fingerprint density at radius 1 is 1.13 bits per heavy atom. The minimum absolute atomic E-state index is 0.102. The number of rotatable bonds is 3. The van der Waals surface area contributed by atoms with Crippen molar-refractivity contribution < 1.29 is 0 Å². The molecule has 0 atom stereocenters. The molecule has 15 heavy (non-hydrogen) atoms. The zero-order valence-electron chi connectivity index (χ0n) is 10.4. The number of hydrogen-bond acceptors (Lipinski definition) is 2. The average molecular weight is 204 g/mol. The molecule has 0 radical (unpaired) electrons. The average Bonchev–Trinajstić information content (AvgIpc) is 2.36. The van der Waals surface area contributed by atoms with Crippen molar-refractivity contribution in [2.45, 2.75) is 34.6 Å². The second kappa shape index (κ2) is 4.20. The molecule has 2 nitrogen and oxygen atoms in total. The lowest BCUT2D eigenvalue weighted by Gasteiger charge is -2.29. The summed E-state index contributed by atoms with van der Waals surface area (Å²) in [6.45, 7) is 12.3. The molecule has 1 aliphatic carbocycles. The topological polar surface area (TPSA) is 35.8 Å². The summed E-state index contributed by atoms with van der Waals surface area (Å²) in [4.78, 5) is 0. The molecule has 2 heteroatoms. The maximum absolute atomic E-state index is 8.52. The highest BCUT2D eigenvalue weighted by Gasteiger charge is 2.35. The summed E-state index contributed by atoms with van der Waals surface area (Å²) in [6.07, 6.45) is 0. The number of nitriles is 1. The molecule has 1 N–H and O–H groups in total. The smallest absolute Gasteiger partial charge is 0.0841 e. The molecule has 0 aliphatic heterocycles. The van der Waals surface area contributed by atoms with Gasteiger partial charge in [0.2, 0.25) is 0 Å². The first-order valence-electron chi connectivity index (χ1n) is 5.39. The Morgan fingerprint density at radius 2 is 1.60 bits per heavy atom. The van der Waals surface area contributed by atoms with Crippen molar-refractivity contribution in [3.8, 4) is 6.07 Å². The van der Waals surface area contributed by atoms with E-state index in [-0.39, 0.29) is 5.41 Å². The molecule has 82 valence electrons. The standard InChI is InChI=1S/C13H20N2/c1-9-10(2)12(4)13(5,11(9)3)8-15-7-6-14/h15H,7-8H2,1-5H3. The van der Waals surface area contributed by atoms with Gasteiger partial charge in [-0.1, -0.05) is 18.1 Å². The lowest BCUT2D eigenvalue weighted by atomic mass is 9.79. The fourth-order valence-electron chi connectivity index (χ4n) is 2.30. The van der Waals surface area contributed by atoms with E-state index in [0.29, 0.717) is 6.54 Å². The molecule has 1 rings (SSSR count). The lowest BCUT2D eigenvalue weighted by Crippen LogP contribution is -2.33. The highest BCUT2D eigenvalue weighted by atomic mass is 14.9. The van der Waals surface area contributed by atoms with Crippen molar-refractivity contribution in [2.24, 2.45) is 5.41 Å². The van der Waals surface area contributed by atoms with Crippen LogP contribution in [0.1, 0.15) is 34.6 Å². The van der Waals surface area contributed by atoms with E-state index in [1.54, 1.807) is 0 Å². The molecule has 0 aromatic rings. The number of nitrogens with zero attached hydrogens (tertiary/aromatic N) is 1. The van der Waals surface area contributed by atoms with Gasteiger partial charge in [0.15, 0.2) is 0 Å². The van der Waals surface area contributed by atoms with Crippen molar-refractivity contribution in [3.05, 3.63) is 22.3 Å². The number of hydrogen-bond donors (Lipinski definition) is 1. The molecule has 0 fully saturated rings. The molecule has 0 aromatic carbocycles. The van der Waals surface area contributed by atoms with Gasteiger partial charge in [0.25, 0.3) is 0 Å². The highest BCUT2D eigenvalue weighted by Crippen LogP contribution is 2.45. The Morgan fingerprint density at radius 3 is 2.00 bits per heavy atom. The van der Waals surface area contributed by atoms with Crippen molar-refractivity contribution in [1.29, 1.82) is 5.26 Å². The van der Waals surface area contributed by atoms with Crippen LogP contribution in [0.25, 0.3) is 0 Å². The van der Waals surface area contributed by atoms with E-state index < -0.39 is 0 Å². The van der Waals surface area contributed by atoms with Crippen LogP contribution in [0.2, 0.25) is 0 Å². The number of allylic oxidation sites excluding steroid dienone is 2. The van der Waals surface area contributed by atoms with E-state index in [1.807, 2.05) is 0 Å². The minimum atomic E-state index is 0.102. The Kier molecular flexibility index (Phi) is 3.36. The summed E-state index contributed by atoms with van der Waals surface area (Å²) in [5.41, 5.74) is 5.79. The maximum Gasteiger partial charge on any atom is 0.0841 e. The first-order valence-corrected chi connectivity index (χ1v) is 5.39. The van der Waals surface area contributed by atoms with Gasteiger partial charge in [-0.15, -0.1) is 0 Å². The van der Waals surface area contributed by atoms with Gasteiger partial charge in [-0.05, 0) is 38.8 Å². The second-order valence-corrected chi connectivity index (χ2v) is 4.59. The molecule has 0 aromatic heterocycles. The molecule has 0 saturated carbocycles. The zero-order chi connectivity index (χ0) is 11.6. The van der Waals surface area contributed by atoms with Gasteiger partial charge < -0.3 is 5.32 Å². The van der Waals surface area contributed by atoms with Crippen LogP contribution < -0.4 is 5.32 Å². The van der Waals surface area contributed by atoms with E-state index in [1.165, 1.54) is 22.3 Å². The zero-order valence-corrected chi connectivity index (χ0v) is 10.4. The fourth-order valence-corrected chi connectivity index (χ4v) is 2.30. The second-order valence-electron chi connectivity index (χ2n) is 4.59. The number of nitrogens with one attached hydrogen (secondary N) is 1. The Labute approximate surface area is 92.7 Å². The van der Waals surface area contributed by atoms with Crippen LogP contribution in [0.15, 0.2) is 22.3 Å². The highest BCUT2D eigenvalue weighted by molar-refractivity contribution is 5.50. The molecule has 0 unspecified atom stereocenters. The van der Waals surface area contributed by atoms with E-state index in [9.17, 15) is 0 Å². The minimum Gasteiger partial charge on any atom is -0.303 e. The summed E-state index contributed by atoms with van der Waals surface area (Å²) < 4.78 is 0. The Bertz CT molecular complexity index is 342. The van der Waals surface area contributed by atoms with Crippen LogP contribution in [-0.4, -0.2) is 13.1 Å². The normalized spacial score (nSPS) is 19.7. The summed E-state index contributed by atoms with van der Waals surface area (Å²) in [5, 5.41) is 11.7. The SMILES string of the molecule is CC1=C(C)C(C)(CNCC#N)C(C)=C1C. The van der Waals surface area contributed by atoms with Crippen molar-refractivity contribution in [2.75, 3.05) is 13.1 Å². The van der Waals surface area contributed by atoms with Crippen molar-refractivity contribution in [1.82, 2.24) is 5.32 Å². The van der Waals surface area contributed by atoms with Gasteiger partial charge in [-0.3, -0.25) is 0 Å². The summed E-state index contributed by atoms with van der Waals surface area (Å²) >= 11 is 0. The van der Waals surface area contributed by atoms with Gasteiger partial charge in [0.1, 0.15) is 0 Å². The van der Waals surface area contributed by atoms with Crippen LogP contribution >= 0.6 is 0 Å². The molecule has 0 heterocycles. The van der Waals surface area contributed by atoms with Crippen LogP contribution in [0.5, 0.6) is 0 Å². The van der Waals surface area contributed by atoms with Crippen LogP contribution in [0.4, 0.5) is 0 Å². The molecular weight excluding hydrogens is 184 g/mol. The Balaban J connectivity index is 2.91. The largest absolute Gasteiger partial charge is 0.303 e. The van der Waals surface area contributed by atoms with Gasteiger partial charge in [-0.25, -0.2) is 0 Å². The van der Waals surface area contributed by atoms with E-state index >= 15 is 0 Å². The fraction of sp³-hybridized carbons (Fsp3) is 0.615. The lowest BCUT2D eigenvalue weighted by molar-refractivity contribution is 0.452. The first-order chi connectivity index (χ1) is 6.95. The van der Waals surface area contributed by atoms with Gasteiger partial charge in [-0.2, -0.15) is 5.26 Å². The van der Waals surface area contributed by atoms with Gasteiger partial charge in [0, 0.05) is 12.0 Å². The van der Waals surface area contributed by atoms with Gasteiger partial charge in [0.05, 0.1) is 12.6 Å². The molecule has 0 spiro atoms. The summed E-state index contributed by atoms with van der Waals surface area (Å²) in [5.74, 6) is 0. The Hall–Kier alpha value is -1.07. The quantitative estimate of drug-likeness (QED) is 0.567. The van der Waals surface area contributed by atoms with Gasteiger partial charge >= 0.3 is 0 Å². The molecule has 0 saturated heterocycles. The van der Waals surface area contributed by atoms with Crippen molar-refractivity contribution in [3.63, 3.8) is 0 Å². The predicted octanol–water partition coefficient (Wildman–Crippen LogP) is 2.79. The van der Waals surface area contributed by atoms with Crippen LogP contribution in [0, 0.1) is 16.7 Å².